The van der Waals surface area contributed by atoms with Crippen molar-refractivity contribution in [1.82, 2.24) is 40.0 Å². The third-order valence-corrected chi connectivity index (χ3v) is 6.24. The first-order valence-corrected chi connectivity index (χ1v) is 11.1. The Labute approximate surface area is 185 Å². The topological polar surface area (TPSA) is 114 Å². The number of carbonyl (C=O) groups is 1. The Morgan fingerprint density at radius 2 is 2.10 bits per heavy atom. The number of amides is 1. The van der Waals surface area contributed by atoms with Crippen molar-refractivity contribution in [3.8, 4) is 11.4 Å². The number of benzene rings is 1. The van der Waals surface area contributed by atoms with E-state index in [9.17, 15) is 4.79 Å². The van der Waals surface area contributed by atoms with Gasteiger partial charge in [-0.15, -0.1) is 5.10 Å². The van der Waals surface area contributed by atoms with Crippen molar-refractivity contribution in [2.45, 2.75) is 24.9 Å². The minimum Gasteiger partial charge on any atom is -0.353 e. The molecule has 0 bridgehead atoms. The molecule has 0 radical (unpaired) electrons. The molecule has 6 rings (SSSR count). The standard InChI is InChI=1S/C20H20BrN9O/c21-14-3-1-2-13-16(14)26-20(25-15-9-22-6-7-23-19(15)31)30-18(13)27-17(28-30)11-8-24-29(10-11)12-4-5-12/h1-3,8,10,12,15,22H,4-7,9H2,(H,23,31)(H,25,26)/t15-/m0/s1. The lowest BCUT2D eigenvalue weighted by atomic mass is 10.2. The minimum absolute atomic E-state index is 0.0711. The molecule has 1 aliphatic heterocycles. The van der Waals surface area contributed by atoms with Gasteiger partial charge in [0.15, 0.2) is 11.5 Å². The normalized spacial score (nSPS) is 19.5. The lowest BCUT2D eigenvalue weighted by Crippen LogP contribution is -2.42. The number of fused-ring (bicyclic) bond motifs is 3. The second-order valence-corrected chi connectivity index (χ2v) is 8.73. The van der Waals surface area contributed by atoms with Crippen LogP contribution in [-0.2, 0) is 4.79 Å². The summed E-state index contributed by atoms with van der Waals surface area (Å²) in [5, 5.41) is 19.5. The maximum atomic E-state index is 12.5. The maximum absolute atomic E-state index is 12.5. The maximum Gasteiger partial charge on any atom is 0.243 e. The average Bonchev–Trinajstić information content (AvgIpc) is 3.38. The second-order valence-electron chi connectivity index (χ2n) is 7.87. The highest BCUT2D eigenvalue weighted by Crippen LogP contribution is 2.35. The van der Waals surface area contributed by atoms with E-state index in [-0.39, 0.29) is 5.91 Å². The van der Waals surface area contributed by atoms with E-state index in [1.54, 1.807) is 10.7 Å². The van der Waals surface area contributed by atoms with Crippen molar-refractivity contribution in [3.05, 3.63) is 35.1 Å². The predicted molar refractivity (Wildman–Crippen MR) is 119 cm³/mol. The number of para-hydroxylation sites is 1. The molecular weight excluding hydrogens is 462 g/mol. The molecule has 10 nitrogen and oxygen atoms in total. The molecule has 158 valence electrons. The zero-order chi connectivity index (χ0) is 20.9. The van der Waals surface area contributed by atoms with Crippen LogP contribution in [0.4, 0.5) is 5.95 Å². The van der Waals surface area contributed by atoms with Gasteiger partial charge in [-0.3, -0.25) is 9.48 Å². The quantitative estimate of drug-likeness (QED) is 0.406. The Hall–Kier alpha value is -3.05. The van der Waals surface area contributed by atoms with E-state index in [2.05, 4.69) is 37.0 Å². The fourth-order valence-electron chi connectivity index (χ4n) is 3.81. The molecule has 0 spiro atoms. The summed E-state index contributed by atoms with van der Waals surface area (Å²) in [5.41, 5.74) is 2.29. The number of hydrogen-bond donors (Lipinski definition) is 3. The first-order valence-electron chi connectivity index (χ1n) is 10.3. The molecule has 2 fully saturated rings. The van der Waals surface area contributed by atoms with E-state index in [0.717, 1.165) is 40.3 Å². The highest BCUT2D eigenvalue weighted by molar-refractivity contribution is 9.10. The van der Waals surface area contributed by atoms with Gasteiger partial charge in [-0.25, -0.2) is 9.97 Å². The smallest absolute Gasteiger partial charge is 0.243 e. The van der Waals surface area contributed by atoms with Crippen LogP contribution in [0.2, 0.25) is 0 Å². The first-order chi connectivity index (χ1) is 15.2. The molecule has 1 atom stereocenters. The van der Waals surface area contributed by atoms with E-state index in [1.807, 2.05) is 29.1 Å². The third kappa shape index (κ3) is 3.33. The van der Waals surface area contributed by atoms with Gasteiger partial charge < -0.3 is 16.0 Å². The molecule has 3 aromatic heterocycles. The van der Waals surface area contributed by atoms with E-state index >= 15 is 0 Å². The number of halogens is 1. The van der Waals surface area contributed by atoms with Crippen LogP contribution in [0.1, 0.15) is 18.9 Å². The Morgan fingerprint density at radius 3 is 2.97 bits per heavy atom. The van der Waals surface area contributed by atoms with Crippen molar-refractivity contribution >= 4 is 44.3 Å². The van der Waals surface area contributed by atoms with Crippen LogP contribution in [0.15, 0.2) is 35.1 Å². The largest absolute Gasteiger partial charge is 0.353 e. The van der Waals surface area contributed by atoms with Crippen molar-refractivity contribution in [2.24, 2.45) is 0 Å². The predicted octanol–water partition coefficient (Wildman–Crippen LogP) is 1.74. The van der Waals surface area contributed by atoms with Gasteiger partial charge in [-0.2, -0.15) is 9.61 Å². The zero-order valence-electron chi connectivity index (χ0n) is 16.5. The van der Waals surface area contributed by atoms with Crippen LogP contribution in [0.25, 0.3) is 27.9 Å². The van der Waals surface area contributed by atoms with Gasteiger partial charge in [0.25, 0.3) is 0 Å². The Balaban J connectivity index is 1.49. The van der Waals surface area contributed by atoms with Crippen molar-refractivity contribution in [1.29, 1.82) is 0 Å². The summed E-state index contributed by atoms with van der Waals surface area (Å²) in [7, 11) is 0. The summed E-state index contributed by atoms with van der Waals surface area (Å²) in [6.07, 6.45) is 6.11. The number of nitrogens with one attached hydrogen (secondary N) is 3. The summed E-state index contributed by atoms with van der Waals surface area (Å²) in [6.45, 7) is 1.83. The lowest BCUT2D eigenvalue weighted by molar-refractivity contribution is -0.121. The van der Waals surface area contributed by atoms with Crippen LogP contribution in [0, 0.1) is 0 Å². The van der Waals surface area contributed by atoms with E-state index in [4.69, 9.17) is 15.1 Å². The van der Waals surface area contributed by atoms with Gasteiger partial charge >= 0.3 is 0 Å². The van der Waals surface area contributed by atoms with Crippen molar-refractivity contribution < 1.29 is 4.79 Å². The molecule has 1 aromatic carbocycles. The highest BCUT2D eigenvalue weighted by Gasteiger charge is 2.26. The summed E-state index contributed by atoms with van der Waals surface area (Å²) in [5.74, 6) is 0.970. The van der Waals surface area contributed by atoms with Crippen LogP contribution < -0.4 is 16.0 Å². The molecule has 1 amide bonds. The molecule has 3 N–H and O–H groups in total. The minimum atomic E-state index is -0.469. The molecule has 2 aliphatic rings. The second kappa shape index (κ2) is 7.27. The molecule has 1 aliphatic carbocycles. The zero-order valence-corrected chi connectivity index (χ0v) is 18.1. The highest BCUT2D eigenvalue weighted by atomic mass is 79.9. The Kier molecular flexibility index (Phi) is 4.39. The number of aromatic nitrogens is 6. The number of nitrogens with zero attached hydrogens (tertiary/aromatic N) is 6. The summed E-state index contributed by atoms with van der Waals surface area (Å²) < 4.78 is 4.51. The van der Waals surface area contributed by atoms with Crippen LogP contribution in [-0.4, -0.2) is 60.9 Å². The molecule has 0 unspecified atom stereocenters. The van der Waals surface area contributed by atoms with Gasteiger partial charge in [-0.05, 0) is 40.9 Å². The number of rotatable bonds is 4. The van der Waals surface area contributed by atoms with Gasteiger partial charge in [-0.1, -0.05) is 6.07 Å². The van der Waals surface area contributed by atoms with Gasteiger partial charge in [0.2, 0.25) is 11.9 Å². The fourth-order valence-corrected chi connectivity index (χ4v) is 4.27. The van der Waals surface area contributed by atoms with E-state index in [1.165, 1.54) is 0 Å². The van der Waals surface area contributed by atoms with Crippen LogP contribution >= 0.6 is 15.9 Å². The van der Waals surface area contributed by atoms with Crippen molar-refractivity contribution in [2.75, 3.05) is 25.0 Å². The molecule has 11 heteroatoms. The van der Waals surface area contributed by atoms with E-state index < -0.39 is 6.04 Å². The number of carbonyl (C=O) groups excluding carboxylic acids is 1. The monoisotopic (exact) mass is 481 g/mol. The lowest BCUT2D eigenvalue weighted by Gasteiger charge is -2.17. The first kappa shape index (κ1) is 18.7. The fraction of sp³-hybridized carbons (Fsp3) is 0.350. The number of hydrogen-bond acceptors (Lipinski definition) is 7. The Bertz CT molecular complexity index is 1310. The van der Waals surface area contributed by atoms with Gasteiger partial charge in [0.05, 0.1) is 23.3 Å². The van der Waals surface area contributed by atoms with Crippen LogP contribution in [0.3, 0.4) is 0 Å². The molecule has 4 heterocycles. The summed E-state index contributed by atoms with van der Waals surface area (Å²) in [4.78, 5) is 22.1. The molecule has 4 aromatic rings. The van der Waals surface area contributed by atoms with Gasteiger partial charge in [0.1, 0.15) is 6.04 Å². The SMILES string of the molecule is O=C1NCCNC[C@@H]1Nc1nc2c(Br)cccc2c2nc(-c3cnn(C4CC4)c3)nn12. The van der Waals surface area contributed by atoms with E-state index in [0.29, 0.717) is 36.6 Å². The third-order valence-electron chi connectivity index (χ3n) is 5.60. The van der Waals surface area contributed by atoms with Crippen molar-refractivity contribution in [3.63, 3.8) is 0 Å². The number of anilines is 1. The molecule has 1 saturated heterocycles. The van der Waals surface area contributed by atoms with Crippen LogP contribution in [0.5, 0.6) is 0 Å². The Morgan fingerprint density at radius 1 is 1.19 bits per heavy atom. The van der Waals surface area contributed by atoms with Gasteiger partial charge in [0, 0.05) is 35.7 Å². The summed E-state index contributed by atoms with van der Waals surface area (Å²) in [6, 6.07) is 5.87. The summed E-state index contributed by atoms with van der Waals surface area (Å²) >= 11 is 3.59. The molecular formula is C20H20BrN9O. The molecule has 1 saturated carbocycles. The molecule has 31 heavy (non-hydrogen) atoms. The average molecular weight is 482 g/mol.